The summed E-state index contributed by atoms with van der Waals surface area (Å²) < 4.78 is 1.07. The number of hydrogen-bond donors (Lipinski definition) is 2. The molecule has 1 aromatic heterocycles. The lowest BCUT2D eigenvalue weighted by molar-refractivity contribution is -0.126. The highest BCUT2D eigenvalue weighted by atomic mass is 32.1. The lowest BCUT2D eigenvalue weighted by Crippen LogP contribution is -2.47. The van der Waals surface area contributed by atoms with Crippen LogP contribution in [0.4, 0.5) is 0 Å². The number of nitrogens with one attached hydrogen (secondary N) is 1. The van der Waals surface area contributed by atoms with E-state index in [1.165, 1.54) is 17.4 Å². The molecular formula is C16H19N3O2S. The van der Waals surface area contributed by atoms with E-state index in [1.807, 2.05) is 38.1 Å². The number of fused-ring (bicyclic) bond motifs is 1. The quantitative estimate of drug-likeness (QED) is 0.802. The summed E-state index contributed by atoms with van der Waals surface area (Å²) in [5.41, 5.74) is 6.24. The first-order chi connectivity index (χ1) is 10.5. The topological polar surface area (TPSA) is 85.1 Å². The Labute approximate surface area is 133 Å². The van der Waals surface area contributed by atoms with Gasteiger partial charge in [0.15, 0.2) is 0 Å². The first-order valence-corrected chi connectivity index (χ1v) is 7.96. The fourth-order valence-corrected chi connectivity index (χ4v) is 2.91. The van der Waals surface area contributed by atoms with E-state index in [-0.39, 0.29) is 11.8 Å². The van der Waals surface area contributed by atoms with Crippen molar-refractivity contribution >= 4 is 39.4 Å². The fourth-order valence-electron chi connectivity index (χ4n) is 2.04. The number of benzene rings is 1. The standard InChI is InChI=1S/C16H19N3O2S/c1-3-10(2)15(16(17)21)19-13(20)8-9-14-18-11-6-4-5-7-12(11)22-14/h4-10,15H,3H2,1-2H3,(H2,17,21)(H,19,20)/b9-8+/t10-,15+/m0/s1. The largest absolute Gasteiger partial charge is 0.368 e. The first kappa shape index (κ1) is 16.2. The van der Waals surface area contributed by atoms with Gasteiger partial charge in [-0.3, -0.25) is 9.59 Å². The fraction of sp³-hybridized carbons (Fsp3) is 0.312. The SMILES string of the molecule is CC[C@H](C)[C@@H](NC(=O)/C=C/c1nc2ccccc2s1)C(N)=O. The minimum Gasteiger partial charge on any atom is -0.368 e. The molecule has 0 radical (unpaired) electrons. The van der Waals surface area contributed by atoms with Crippen molar-refractivity contribution in [2.45, 2.75) is 26.3 Å². The zero-order chi connectivity index (χ0) is 16.1. The Morgan fingerprint density at radius 2 is 2.14 bits per heavy atom. The van der Waals surface area contributed by atoms with E-state index in [1.54, 1.807) is 6.08 Å². The van der Waals surface area contributed by atoms with Gasteiger partial charge in [0.25, 0.3) is 0 Å². The third-order valence-electron chi connectivity index (χ3n) is 3.50. The molecule has 0 aliphatic carbocycles. The molecule has 3 N–H and O–H groups in total. The van der Waals surface area contributed by atoms with Crippen LogP contribution < -0.4 is 11.1 Å². The highest BCUT2D eigenvalue weighted by Crippen LogP contribution is 2.22. The van der Waals surface area contributed by atoms with Gasteiger partial charge in [-0.25, -0.2) is 4.98 Å². The van der Waals surface area contributed by atoms with Crippen LogP contribution in [-0.2, 0) is 9.59 Å². The van der Waals surface area contributed by atoms with Crippen molar-refractivity contribution in [3.63, 3.8) is 0 Å². The van der Waals surface area contributed by atoms with Crippen molar-refractivity contribution in [1.82, 2.24) is 10.3 Å². The maximum Gasteiger partial charge on any atom is 0.244 e. The summed E-state index contributed by atoms with van der Waals surface area (Å²) in [5, 5.41) is 3.39. The average Bonchev–Trinajstić information content (AvgIpc) is 2.92. The highest BCUT2D eigenvalue weighted by Gasteiger charge is 2.22. The molecule has 0 unspecified atom stereocenters. The molecule has 0 fully saturated rings. The molecule has 0 aliphatic rings. The second-order valence-corrected chi connectivity index (χ2v) is 6.19. The minimum atomic E-state index is -0.655. The summed E-state index contributed by atoms with van der Waals surface area (Å²) in [7, 11) is 0. The van der Waals surface area contributed by atoms with Gasteiger partial charge in [-0.05, 0) is 24.1 Å². The maximum atomic E-state index is 11.9. The number of nitrogens with zero attached hydrogens (tertiary/aromatic N) is 1. The van der Waals surface area contributed by atoms with Crippen LogP contribution in [0.1, 0.15) is 25.3 Å². The summed E-state index contributed by atoms with van der Waals surface area (Å²) in [6.45, 7) is 3.83. The molecule has 0 spiro atoms. The smallest absolute Gasteiger partial charge is 0.244 e. The van der Waals surface area contributed by atoms with Crippen LogP contribution in [0.3, 0.4) is 0 Å². The zero-order valence-electron chi connectivity index (χ0n) is 12.6. The van der Waals surface area contributed by atoms with Gasteiger partial charge in [-0.1, -0.05) is 32.4 Å². The predicted molar refractivity (Wildman–Crippen MR) is 89.2 cm³/mol. The Kier molecular flexibility index (Phi) is 5.27. The summed E-state index contributed by atoms with van der Waals surface area (Å²) >= 11 is 1.51. The van der Waals surface area contributed by atoms with Gasteiger partial charge in [0.05, 0.1) is 10.2 Å². The molecule has 1 aromatic carbocycles. The van der Waals surface area contributed by atoms with Gasteiger partial charge in [0.1, 0.15) is 11.0 Å². The number of aromatic nitrogens is 1. The van der Waals surface area contributed by atoms with E-state index in [0.29, 0.717) is 0 Å². The Bertz CT molecular complexity index is 675. The van der Waals surface area contributed by atoms with Crippen LogP contribution in [0.5, 0.6) is 0 Å². The number of hydrogen-bond acceptors (Lipinski definition) is 4. The summed E-state index contributed by atoms with van der Waals surface area (Å²) in [4.78, 5) is 27.7. The molecule has 22 heavy (non-hydrogen) atoms. The van der Waals surface area contributed by atoms with E-state index in [0.717, 1.165) is 21.6 Å². The summed E-state index contributed by atoms with van der Waals surface area (Å²) in [6.07, 6.45) is 3.79. The Morgan fingerprint density at radius 3 is 2.77 bits per heavy atom. The van der Waals surface area contributed by atoms with Crippen molar-refractivity contribution in [3.8, 4) is 0 Å². The van der Waals surface area contributed by atoms with Crippen LogP contribution in [0.25, 0.3) is 16.3 Å². The van der Waals surface area contributed by atoms with Gasteiger partial charge < -0.3 is 11.1 Å². The van der Waals surface area contributed by atoms with Crippen LogP contribution >= 0.6 is 11.3 Å². The van der Waals surface area contributed by atoms with Crippen LogP contribution in [0, 0.1) is 5.92 Å². The predicted octanol–water partition coefficient (Wildman–Crippen LogP) is 2.33. The molecule has 2 atom stereocenters. The number of amides is 2. The highest BCUT2D eigenvalue weighted by molar-refractivity contribution is 7.19. The zero-order valence-corrected chi connectivity index (χ0v) is 13.4. The van der Waals surface area contributed by atoms with Crippen molar-refractivity contribution in [3.05, 3.63) is 35.3 Å². The van der Waals surface area contributed by atoms with E-state index in [9.17, 15) is 9.59 Å². The number of carbonyl (C=O) groups is 2. The van der Waals surface area contributed by atoms with Gasteiger partial charge in [0.2, 0.25) is 11.8 Å². The monoisotopic (exact) mass is 317 g/mol. The Morgan fingerprint density at radius 1 is 1.41 bits per heavy atom. The van der Waals surface area contributed by atoms with Crippen molar-refractivity contribution < 1.29 is 9.59 Å². The van der Waals surface area contributed by atoms with Crippen molar-refractivity contribution in [1.29, 1.82) is 0 Å². The van der Waals surface area contributed by atoms with E-state index >= 15 is 0 Å². The molecule has 2 rings (SSSR count). The first-order valence-electron chi connectivity index (χ1n) is 7.14. The molecule has 0 saturated carbocycles. The molecule has 2 aromatic rings. The molecule has 0 aliphatic heterocycles. The molecule has 5 nitrogen and oxygen atoms in total. The second-order valence-electron chi connectivity index (χ2n) is 5.13. The van der Waals surface area contributed by atoms with Gasteiger partial charge in [-0.2, -0.15) is 0 Å². The maximum absolute atomic E-state index is 11.9. The summed E-state index contributed by atoms with van der Waals surface area (Å²) in [5.74, 6) is -0.864. The Balaban J connectivity index is 2.05. The van der Waals surface area contributed by atoms with Gasteiger partial charge >= 0.3 is 0 Å². The third-order valence-corrected chi connectivity index (χ3v) is 4.51. The van der Waals surface area contributed by atoms with E-state index in [2.05, 4.69) is 10.3 Å². The van der Waals surface area contributed by atoms with Crippen LogP contribution in [0.2, 0.25) is 0 Å². The Hall–Kier alpha value is -2.21. The third kappa shape index (κ3) is 3.92. The number of carbonyl (C=O) groups excluding carboxylic acids is 2. The van der Waals surface area contributed by atoms with Crippen LogP contribution in [-0.4, -0.2) is 22.8 Å². The minimum absolute atomic E-state index is 0.00250. The van der Waals surface area contributed by atoms with Crippen molar-refractivity contribution in [2.24, 2.45) is 11.7 Å². The number of nitrogens with two attached hydrogens (primary N) is 1. The average molecular weight is 317 g/mol. The van der Waals surface area contributed by atoms with Crippen LogP contribution in [0.15, 0.2) is 30.3 Å². The number of rotatable bonds is 6. The molecule has 2 amide bonds. The molecule has 116 valence electrons. The molecule has 6 heteroatoms. The summed E-state index contributed by atoms with van der Waals surface area (Å²) in [6, 6.07) is 7.12. The molecular weight excluding hydrogens is 298 g/mol. The number of thiazole rings is 1. The van der Waals surface area contributed by atoms with Gasteiger partial charge in [0, 0.05) is 6.08 Å². The van der Waals surface area contributed by atoms with Gasteiger partial charge in [-0.15, -0.1) is 11.3 Å². The van der Waals surface area contributed by atoms with E-state index in [4.69, 9.17) is 5.73 Å². The number of para-hydroxylation sites is 1. The van der Waals surface area contributed by atoms with E-state index < -0.39 is 11.9 Å². The molecule has 0 bridgehead atoms. The molecule has 0 saturated heterocycles. The lowest BCUT2D eigenvalue weighted by atomic mass is 9.98. The van der Waals surface area contributed by atoms with Crippen molar-refractivity contribution in [2.75, 3.05) is 0 Å². The normalized spacial score (nSPS) is 14.1. The number of primary amides is 1. The molecule has 1 heterocycles. The lowest BCUT2D eigenvalue weighted by Gasteiger charge is -2.20. The second kappa shape index (κ2) is 7.17.